The number of carbonyl (C=O) groups is 1. The lowest BCUT2D eigenvalue weighted by Gasteiger charge is -2.10. The molecule has 2 aromatic carbocycles. The first kappa shape index (κ1) is 20.3. The van der Waals surface area contributed by atoms with Crippen LogP contribution in [0.4, 0.5) is 5.88 Å². The van der Waals surface area contributed by atoms with Gasteiger partial charge in [0.05, 0.1) is 18.8 Å². The van der Waals surface area contributed by atoms with E-state index >= 15 is 0 Å². The van der Waals surface area contributed by atoms with Crippen LogP contribution in [0.2, 0.25) is 0 Å². The third-order valence-electron chi connectivity index (χ3n) is 4.49. The molecular formula is C22H24N4O3. The smallest absolute Gasteiger partial charge is 0.231 e. The maximum Gasteiger partial charge on any atom is 0.231 e. The quantitative estimate of drug-likeness (QED) is 0.263. The topological polar surface area (TPSA) is 103 Å². The number of aromatic nitrogens is 1. The second kappa shape index (κ2) is 9.66. The van der Waals surface area contributed by atoms with E-state index in [1.54, 1.807) is 13.2 Å². The molecule has 0 aliphatic heterocycles. The van der Waals surface area contributed by atoms with Crippen LogP contribution in [0.3, 0.4) is 0 Å². The van der Waals surface area contributed by atoms with Gasteiger partial charge in [-0.15, -0.1) is 0 Å². The maximum absolute atomic E-state index is 12.7. The molecule has 0 saturated heterocycles. The molecule has 3 aromatic rings. The van der Waals surface area contributed by atoms with E-state index in [1.807, 2.05) is 61.5 Å². The number of hydrogen-bond acceptors (Lipinski definition) is 5. The number of guanidine groups is 1. The number of methoxy groups -OCH3 is 1. The van der Waals surface area contributed by atoms with Crippen LogP contribution in [-0.2, 0) is 4.74 Å². The van der Waals surface area contributed by atoms with E-state index < -0.39 is 0 Å². The van der Waals surface area contributed by atoms with Gasteiger partial charge in [-0.3, -0.25) is 15.1 Å². The van der Waals surface area contributed by atoms with E-state index in [-0.39, 0.29) is 17.7 Å². The van der Waals surface area contributed by atoms with E-state index in [0.29, 0.717) is 30.2 Å². The Morgan fingerprint density at radius 1 is 1.17 bits per heavy atom. The Morgan fingerprint density at radius 2 is 1.93 bits per heavy atom. The van der Waals surface area contributed by atoms with Gasteiger partial charge in [-0.05, 0) is 11.6 Å². The lowest BCUT2D eigenvalue weighted by Crippen LogP contribution is -2.23. The average molecular weight is 392 g/mol. The summed E-state index contributed by atoms with van der Waals surface area (Å²) in [4.78, 5) is 16.8. The molecule has 0 bridgehead atoms. The molecule has 1 atom stereocenters. The fourth-order valence-corrected chi connectivity index (χ4v) is 2.85. The standard InChI is InChI=1S/C22H24N4O3/c1-15(19-14-20(29-26-19)25-22(23)24-11-12-28-2)17-9-6-10-18(13-17)21(27)16-7-4-3-5-8-16/h3-10,13-15H,11-12H2,1-2H3,(H3,23,24,25). The van der Waals surface area contributed by atoms with Gasteiger partial charge in [0.1, 0.15) is 0 Å². The lowest BCUT2D eigenvalue weighted by atomic mass is 9.94. The van der Waals surface area contributed by atoms with Crippen LogP contribution in [0, 0.1) is 0 Å². The first-order valence-corrected chi connectivity index (χ1v) is 9.30. The van der Waals surface area contributed by atoms with Gasteiger partial charge in [0, 0.05) is 30.2 Å². The number of nitrogens with two attached hydrogens (primary N) is 1. The van der Waals surface area contributed by atoms with Gasteiger partial charge >= 0.3 is 0 Å². The molecule has 0 radical (unpaired) electrons. The molecular weight excluding hydrogens is 368 g/mol. The van der Waals surface area contributed by atoms with Gasteiger partial charge in [-0.1, -0.05) is 60.6 Å². The zero-order valence-corrected chi connectivity index (χ0v) is 16.5. The molecule has 0 amide bonds. The molecule has 3 rings (SSSR count). The fraction of sp³-hybridized carbons (Fsp3) is 0.227. The van der Waals surface area contributed by atoms with Crippen molar-refractivity contribution in [3.63, 3.8) is 0 Å². The fourth-order valence-electron chi connectivity index (χ4n) is 2.85. The van der Waals surface area contributed by atoms with E-state index in [2.05, 4.69) is 15.5 Å². The summed E-state index contributed by atoms with van der Waals surface area (Å²) in [5.41, 5.74) is 8.80. The number of carbonyl (C=O) groups excluding carboxylic acids is 1. The van der Waals surface area contributed by atoms with Crippen molar-refractivity contribution >= 4 is 17.6 Å². The number of ether oxygens (including phenoxy) is 1. The SMILES string of the molecule is COCCN=C(N)Nc1cc(C(C)c2cccc(C(=O)c3ccccc3)c2)no1. The Labute approximate surface area is 169 Å². The van der Waals surface area contributed by atoms with Crippen molar-refractivity contribution in [3.05, 3.63) is 83.0 Å². The summed E-state index contributed by atoms with van der Waals surface area (Å²) in [7, 11) is 1.60. The molecule has 29 heavy (non-hydrogen) atoms. The highest BCUT2D eigenvalue weighted by atomic mass is 16.5. The number of benzene rings is 2. The molecule has 0 aliphatic rings. The van der Waals surface area contributed by atoms with E-state index in [9.17, 15) is 4.79 Å². The minimum Gasteiger partial charge on any atom is -0.383 e. The second-order valence-corrected chi connectivity index (χ2v) is 6.54. The van der Waals surface area contributed by atoms with E-state index in [0.717, 1.165) is 11.3 Å². The molecule has 0 spiro atoms. The number of anilines is 1. The minimum absolute atomic E-state index is 0.0118. The molecule has 0 aliphatic carbocycles. The Hall–Kier alpha value is -3.45. The summed E-state index contributed by atoms with van der Waals surface area (Å²) in [6, 6.07) is 18.5. The van der Waals surface area contributed by atoms with Crippen LogP contribution in [0.5, 0.6) is 0 Å². The molecule has 0 fully saturated rings. The van der Waals surface area contributed by atoms with Gasteiger partial charge in [0.15, 0.2) is 11.7 Å². The van der Waals surface area contributed by atoms with Gasteiger partial charge < -0.3 is 15.0 Å². The molecule has 1 unspecified atom stereocenters. The maximum atomic E-state index is 12.7. The Balaban J connectivity index is 1.73. The van der Waals surface area contributed by atoms with Crippen LogP contribution in [-0.4, -0.2) is 37.2 Å². The normalized spacial score (nSPS) is 12.6. The summed E-state index contributed by atoms with van der Waals surface area (Å²) >= 11 is 0. The Kier molecular flexibility index (Phi) is 6.76. The van der Waals surface area contributed by atoms with Crippen LogP contribution < -0.4 is 11.1 Å². The van der Waals surface area contributed by atoms with Crippen LogP contribution >= 0.6 is 0 Å². The zero-order valence-electron chi connectivity index (χ0n) is 16.5. The highest BCUT2D eigenvalue weighted by Gasteiger charge is 2.16. The van der Waals surface area contributed by atoms with Crippen molar-refractivity contribution in [2.75, 3.05) is 25.6 Å². The molecule has 3 N–H and O–H groups in total. The second-order valence-electron chi connectivity index (χ2n) is 6.54. The van der Waals surface area contributed by atoms with Crippen LogP contribution in [0.15, 0.2) is 70.2 Å². The van der Waals surface area contributed by atoms with E-state index in [1.165, 1.54) is 0 Å². The molecule has 1 aromatic heterocycles. The van der Waals surface area contributed by atoms with Gasteiger partial charge in [0.2, 0.25) is 5.88 Å². The number of ketones is 1. The summed E-state index contributed by atoms with van der Waals surface area (Å²) in [6.07, 6.45) is 0. The third kappa shape index (κ3) is 5.30. The zero-order chi connectivity index (χ0) is 20.6. The summed E-state index contributed by atoms with van der Waals surface area (Å²) in [6.45, 7) is 2.94. The Morgan fingerprint density at radius 3 is 2.69 bits per heavy atom. The lowest BCUT2D eigenvalue weighted by molar-refractivity contribution is 0.103. The van der Waals surface area contributed by atoms with Crippen LogP contribution in [0.25, 0.3) is 0 Å². The monoisotopic (exact) mass is 392 g/mol. The number of nitrogens with one attached hydrogen (secondary N) is 1. The first-order chi connectivity index (χ1) is 14.1. The third-order valence-corrected chi connectivity index (χ3v) is 4.49. The van der Waals surface area contributed by atoms with Gasteiger partial charge in [-0.25, -0.2) is 0 Å². The van der Waals surface area contributed by atoms with Crippen molar-refractivity contribution in [1.82, 2.24) is 5.16 Å². The van der Waals surface area contributed by atoms with Gasteiger partial charge in [0.25, 0.3) is 0 Å². The number of rotatable bonds is 8. The number of nitrogens with zero attached hydrogens (tertiary/aromatic N) is 2. The predicted molar refractivity (Wildman–Crippen MR) is 112 cm³/mol. The molecule has 7 heteroatoms. The van der Waals surface area contributed by atoms with Crippen molar-refractivity contribution < 1.29 is 14.1 Å². The van der Waals surface area contributed by atoms with E-state index in [4.69, 9.17) is 15.0 Å². The van der Waals surface area contributed by atoms with Crippen molar-refractivity contribution in [2.45, 2.75) is 12.8 Å². The average Bonchev–Trinajstić information content (AvgIpc) is 3.22. The molecule has 7 nitrogen and oxygen atoms in total. The largest absolute Gasteiger partial charge is 0.383 e. The van der Waals surface area contributed by atoms with Crippen molar-refractivity contribution in [2.24, 2.45) is 10.7 Å². The van der Waals surface area contributed by atoms with Crippen LogP contribution in [0.1, 0.15) is 40.0 Å². The summed E-state index contributed by atoms with van der Waals surface area (Å²) < 4.78 is 10.2. The predicted octanol–water partition coefficient (Wildman–Crippen LogP) is 3.43. The first-order valence-electron chi connectivity index (χ1n) is 9.30. The highest BCUT2D eigenvalue weighted by Crippen LogP contribution is 2.26. The molecule has 1 heterocycles. The highest BCUT2D eigenvalue weighted by molar-refractivity contribution is 6.09. The number of hydrogen-bond donors (Lipinski definition) is 2. The van der Waals surface area contributed by atoms with Gasteiger partial charge in [-0.2, -0.15) is 0 Å². The minimum atomic E-state index is -0.0653. The summed E-state index contributed by atoms with van der Waals surface area (Å²) in [5, 5.41) is 6.98. The van der Waals surface area contributed by atoms with Crippen molar-refractivity contribution in [1.29, 1.82) is 0 Å². The summed E-state index contributed by atoms with van der Waals surface area (Å²) in [5.74, 6) is 0.557. The van der Waals surface area contributed by atoms with Crippen molar-refractivity contribution in [3.8, 4) is 0 Å². The molecule has 0 saturated carbocycles. The Bertz CT molecular complexity index is 982. The number of aliphatic imine (C=N–C) groups is 1. The molecule has 150 valence electrons.